The molecule has 40 heavy (non-hydrogen) atoms. The van der Waals surface area contributed by atoms with Crippen LogP contribution in [0.3, 0.4) is 0 Å². The summed E-state index contributed by atoms with van der Waals surface area (Å²) < 4.78 is 11.5. The van der Waals surface area contributed by atoms with E-state index < -0.39 is 28.8 Å². The van der Waals surface area contributed by atoms with Crippen molar-refractivity contribution in [1.29, 1.82) is 0 Å². The monoisotopic (exact) mass is 535 g/mol. The van der Waals surface area contributed by atoms with Gasteiger partial charge < -0.3 is 14.4 Å². The zero-order valence-electron chi connectivity index (χ0n) is 23.6. The van der Waals surface area contributed by atoms with Gasteiger partial charge in [-0.05, 0) is 30.7 Å². The number of nitrogens with zero attached hydrogens (tertiary/aromatic N) is 1. The van der Waals surface area contributed by atoms with Crippen molar-refractivity contribution in [3.63, 3.8) is 0 Å². The molecule has 2 aliphatic heterocycles. The Hall–Kier alpha value is -4.19. The fraction of sp³-hybridized carbons (Fsp3) is 0.324. The molecule has 0 radical (unpaired) electrons. The second kappa shape index (κ2) is 8.91. The van der Waals surface area contributed by atoms with Gasteiger partial charge in [0.1, 0.15) is 5.41 Å². The summed E-state index contributed by atoms with van der Waals surface area (Å²) >= 11 is 0. The third-order valence-corrected chi connectivity index (χ3v) is 8.74. The Balaban J connectivity index is 1.74. The first kappa shape index (κ1) is 26.1. The quantitative estimate of drug-likeness (QED) is 0.378. The smallest absolute Gasteiger partial charge is 0.180 e. The predicted octanol–water partition coefficient (Wildman–Crippen LogP) is 6.06. The van der Waals surface area contributed by atoms with Gasteiger partial charge in [-0.25, -0.2) is 0 Å². The number of hydrogen-bond acceptors (Lipinski definition) is 6. The first-order chi connectivity index (χ1) is 19.1. The number of methoxy groups -OCH3 is 2. The molecule has 1 saturated heterocycles. The van der Waals surface area contributed by atoms with Crippen LogP contribution in [0.1, 0.15) is 64.1 Å². The van der Waals surface area contributed by atoms with Gasteiger partial charge in [0.15, 0.2) is 28.8 Å². The number of Topliss-reactive ketones (excluding diaryl/α,β-unsaturated/α-hetero) is 3. The second-order valence-corrected chi connectivity index (χ2v) is 12.0. The fourth-order valence-corrected chi connectivity index (χ4v) is 7.04. The summed E-state index contributed by atoms with van der Waals surface area (Å²) in [6.45, 7) is 7.68. The molecule has 0 aromatic heterocycles. The lowest BCUT2D eigenvalue weighted by Gasteiger charge is -2.38. The topological polar surface area (TPSA) is 72.9 Å². The summed E-state index contributed by atoms with van der Waals surface area (Å²) in [5.74, 6) is -0.513. The third kappa shape index (κ3) is 3.31. The lowest BCUT2D eigenvalue weighted by atomic mass is 9.63. The molecule has 3 aromatic rings. The van der Waals surface area contributed by atoms with Crippen LogP contribution in [0.15, 0.2) is 66.7 Å². The van der Waals surface area contributed by atoms with E-state index in [4.69, 9.17) is 9.47 Å². The molecule has 3 aromatic carbocycles. The number of carbonyl (C=O) groups is 3. The van der Waals surface area contributed by atoms with Gasteiger partial charge in [0.2, 0.25) is 0 Å². The number of hydrogen-bond donors (Lipinski definition) is 0. The molecule has 3 aliphatic rings. The molecule has 1 aliphatic carbocycles. The number of para-hydroxylation sites is 1. The van der Waals surface area contributed by atoms with Crippen LogP contribution in [-0.4, -0.2) is 43.7 Å². The van der Waals surface area contributed by atoms with E-state index in [2.05, 4.69) is 6.07 Å². The summed E-state index contributed by atoms with van der Waals surface area (Å²) in [5.41, 5.74) is 1.93. The highest BCUT2D eigenvalue weighted by Gasteiger charge is 2.72. The van der Waals surface area contributed by atoms with Crippen molar-refractivity contribution in [1.82, 2.24) is 0 Å². The summed E-state index contributed by atoms with van der Waals surface area (Å²) in [4.78, 5) is 46.1. The number of carbonyl (C=O) groups excluding carboxylic acids is 3. The summed E-state index contributed by atoms with van der Waals surface area (Å²) in [5, 5.41) is 0. The molecule has 3 atom stereocenters. The SMILES string of the molecule is COc1cccc([C@@H]2[C@@H](C(=O)C(C)(C)C)N3c4ccc(C)cc4C=CC3C23C(=O)c2ccccc2C3=O)c1OC. The summed E-state index contributed by atoms with van der Waals surface area (Å²) in [7, 11) is 3.10. The first-order valence-electron chi connectivity index (χ1n) is 13.6. The van der Waals surface area contributed by atoms with Crippen LogP contribution in [0.4, 0.5) is 5.69 Å². The molecule has 204 valence electrons. The predicted molar refractivity (Wildman–Crippen MR) is 155 cm³/mol. The van der Waals surface area contributed by atoms with E-state index in [-0.39, 0.29) is 17.3 Å². The lowest BCUT2D eigenvalue weighted by molar-refractivity contribution is -0.127. The van der Waals surface area contributed by atoms with Gasteiger partial charge in [0, 0.05) is 33.7 Å². The maximum absolute atomic E-state index is 14.7. The molecule has 2 heterocycles. The van der Waals surface area contributed by atoms with Crippen LogP contribution in [0.5, 0.6) is 11.5 Å². The van der Waals surface area contributed by atoms with Crippen LogP contribution in [0.2, 0.25) is 0 Å². The van der Waals surface area contributed by atoms with E-state index >= 15 is 0 Å². The molecule has 1 unspecified atom stereocenters. The van der Waals surface area contributed by atoms with Gasteiger partial charge in [0.25, 0.3) is 0 Å². The number of benzene rings is 3. The molecule has 0 amide bonds. The highest BCUT2D eigenvalue weighted by molar-refractivity contribution is 6.32. The standard InChI is InChI=1S/C34H33NO5/c1-19-14-16-24-20(18-19)15-17-26-34(30(36)21-10-7-8-11-22(21)31(34)37)27(28(35(24)26)32(38)33(2,3)4)23-12-9-13-25(39-5)29(23)40-6/h7-18,26-28H,1-6H3/t26?,27-,28+/m1/s1. The zero-order chi connectivity index (χ0) is 28.6. The van der Waals surface area contributed by atoms with Crippen molar-refractivity contribution >= 4 is 29.1 Å². The Morgan fingerprint density at radius 2 is 1.57 bits per heavy atom. The number of rotatable bonds is 4. The number of ketones is 3. The third-order valence-electron chi connectivity index (χ3n) is 8.74. The average Bonchev–Trinajstić information content (AvgIpc) is 3.37. The zero-order valence-corrected chi connectivity index (χ0v) is 23.6. The maximum Gasteiger partial charge on any atom is 0.180 e. The van der Waals surface area contributed by atoms with Crippen LogP contribution in [0, 0.1) is 17.8 Å². The van der Waals surface area contributed by atoms with E-state index in [1.165, 1.54) is 0 Å². The first-order valence-corrected chi connectivity index (χ1v) is 13.6. The van der Waals surface area contributed by atoms with E-state index in [0.717, 1.165) is 16.8 Å². The Labute approximate surface area is 234 Å². The molecule has 1 spiro atoms. The number of fused-ring (bicyclic) bond motifs is 5. The molecular formula is C34H33NO5. The van der Waals surface area contributed by atoms with Gasteiger partial charge in [-0.2, -0.15) is 0 Å². The van der Waals surface area contributed by atoms with Gasteiger partial charge >= 0.3 is 0 Å². The number of aryl methyl sites for hydroxylation is 1. The molecule has 6 nitrogen and oxygen atoms in total. The Bertz CT molecular complexity index is 1580. The Kier molecular flexibility index (Phi) is 5.81. The molecular weight excluding hydrogens is 502 g/mol. The van der Waals surface area contributed by atoms with Crippen LogP contribution in [-0.2, 0) is 4.79 Å². The van der Waals surface area contributed by atoms with Gasteiger partial charge in [-0.15, -0.1) is 0 Å². The molecule has 1 fully saturated rings. The van der Waals surface area contributed by atoms with E-state index in [0.29, 0.717) is 28.2 Å². The van der Waals surface area contributed by atoms with Crippen molar-refractivity contribution in [3.05, 3.63) is 94.6 Å². The minimum absolute atomic E-state index is 0.0531. The van der Waals surface area contributed by atoms with Gasteiger partial charge in [-0.1, -0.05) is 81.0 Å². The van der Waals surface area contributed by atoms with E-state index in [1.807, 2.05) is 69.0 Å². The van der Waals surface area contributed by atoms with E-state index in [1.54, 1.807) is 44.6 Å². The van der Waals surface area contributed by atoms with Crippen LogP contribution < -0.4 is 14.4 Å². The van der Waals surface area contributed by atoms with Crippen LogP contribution >= 0.6 is 0 Å². The van der Waals surface area contributed by atoms with Crippen LogP contribution in [0.25, 0.3) is 6.08 Å². The second-order valence-electron chi connectivity index (χ2n) is 12.0. The van der Waals surface area contributed by atoms with Crippen molar-refractivity contribution < 1.29 is 23.9 Å². The number of ether oxygens (including phenoxy) is 2. The summed E-state index contributed by atoms with van der Waals surface area (Å²) in [6, 6.07) is 17.0. The largest absolute Gasteiger partial charge is 0.493 e. The Morgan fingerprint density at radius 3 is 2.17 bits per heavy atom. The van der Waals surface area contributed by atoms with E-state index in [9.17, 15) is 14.4 Å². The minimum atomic E-state index is -1.58. The lowest BCUT2D eigenvalue weighted by Crippen LogP contribution is -2.49. The molecule has 0 saturated carbocycles. The van der Waals surface area contributed by atoms with Gasteiger partial charge in [-0.3, -0.25) is 14.4 Å². The van der Waals surface area contributed by atoms with Crippen molar-refractivity contribution in [2.45, 2.75) is 45.7 Å². The molecule has 0 N–H and O–H groups in total. The maximum atomic E-state index is 14.7. The average molecular weight is 536 g/mol. The highest BCUT2D eigenvalue weighted by Crippen LogP contribution is 2.62. The normalized spacial score (nSPS) is 22.2. The van der Waals surface area contributed by atoms with Crippen molar-refractivity contribution in [3.8, 4) is 11.5 Å². The van der Waals surface area contributed by atoms with Gasteiger partial charge in [0.05, 0.1) is 26.3 Å². The number of anilines is 1. The molecule has 6 rings (SSSR count). The summed E-state index contributed by atoms with van der Waals surface area (Å²) in [6.07, 6.45) is 3.93. The highest BCUT2D eigenvalue weighted by atomic mass is 16.5. The van der Waals surface area contributed by atoms with Crippen molar-refractivity contribution in [2.24, 2.45) is 10.8 Å². The van der Waals surface area contributed by atoms with Crippen molar-refractivity contribution in [2.75, 3.05) is 19.1 Å². The Morgan fingerprint density at radius 1 is 0.900 bits per heavy atom. The molecule has 0 bridgehead atoms. The molecule has 6 heteroatoms. The minimum Gasteiger partial charge on any atom is -0.493 e. The fourth-order valence-electron chi connectivity index (χ4n) is 7.04.